The van der Waals surface area contributed by atoms with Crippen LogP contribution < -0.4 is 4.90 Å². The van der Waals surface area contributed by atoms with E-state index in [1.165, 1.54) is 31.9 Å². The van der Waals surface area contributed by atoms with Crippen LogP contribution in [0.1, 0.15) is 32.6 Å². The molecule has 4 heteroatoms. The van der Waals surface area contributed by atoms with Gasteiger partial charge in [-0.05, 0) is 54.9 Å². The Hall–Kier alpha value is -1.03. The molecular weight excluding hydrogens is 270 g/mol. The van der Waals surface area contributed by atoms with E-state index in [-0.39, 0.29) is 0 Å². The lowest BCUT2D eigenvalue weighted by Crippen LogP contribution is -2.25. The highest BCUT2D eigenvalue weighted by molar-refractivity contribution is 7.90. The van der Waals surface area contributed by atoms with E-state index in [2.05, 4.69) is 11.8 Å². The Morgan fingerprint density at radius 1 is 1.20 bits per heavy atom. The van der Waals surface area contributed by atoms with Crippen molar-refractivity contribution in [2.24, 2.45) is 11.3 Å². The minimum Gasteiger partial charge on any atom is -0.371 e. The molecule has 1 aromatic carbocycles. The highest BCUT2D eigenvalue weighted by atomic mass is 32.2. The molecule has 2 aliphatic rings. The van der Waals surface area contributed by atoms with Crippen molar-refractivity contribution < 1.29 is 8.42 Å². The first-order valence-electron chi connectivity index (χ1n) is 7.43. The molecule has 2 unspecified atom stereocenters. The quantitative estimate of drug-likeness (QED) is 0.841. The summed E-state index contributed by atoms with van der Waals surface area (Å²) in [5, 5.41) is 0. The van der Waals surface area contributed by atoms with Crippen LogP contribution in [0, 0.1) is 11.3 Å². The molecule has 0 radical (unpaired) electrons. The van der Waals surface area contributed by atoms with Crippen LogP contribution in [0.5, 0.6) is 0 Å². The monoisotopic (exact) mass is 293 g/mol. The summed E-state index contributed by atoms with van der Waals surface area (Å²) in [4.78, 5) is 2.83. The fourth-order valence-electron chi connectivity index (χ4n) is 3.93. The highest BCUT2D eigenvalue weighted by Crippen LogP contribution is 2.48. The third-order valence-corrected chi connectivity index (χ3v) is 6.15. The number of sulfone groups is 1. The third-order valence-electron chi connectivity index (χ3n) is 5.02. The molecule has 0 aromatic heterocycles. The van der Waals surface area contributed by atoms with Gasteiger partial charge < -0.3 is 4.90 Å². The molecule has 0 amide bonds. The SMILES string of the molecule is CC1CCC2(CCN(c3ccc(S(C)(=O)=O)cc3)C2)C1. The Balaban J connectivity index is 1.75. The maximum absolute atomic E-state index is 11.5. The zero-order valence-corrected chi connectivity index (χ0v) is 13.1. The molecule has 3 rings (SSSR count). The lowest BCUT2D eigenvalue weighted by Gasteiger charge is -2.25. The summed E-state index contributed by atoms with van der Waals surface area (Å²) in [6.45, 7) is 4.60. The average Bonchev–Trinajstić information content (AvgIpc) is 2.96. The van der Waals surface area contributed by atoms with Gasteiger partial charge in [0.25, 0.3) is 0 Å². The lowest BCUT2D eigenvalue weighted by molar-refractivity contribution is 0.328. The van der Waals surface area contributed by atoms with Gasteiger partial charge in [-0.3, -0.25) is 0 Å². The zero-order chi connectivity index (χ0) is 14.4. The van der Waals surface area contributed by atoms with Crippen molar-refractivity contribution in [3.8, 4) is 0 Å². The molecule has 1 heterocycles. The second kappa shape index (κ2) is 4.76. The van der Waals surface area contributed by atoms with E-state index in [9.17, 15) is 8.42 Å². The van der Waals surface area contributed by atoms with Crippen LogP contribution in [0.2, 0.25) is 0 Å². The van der Waals surface area contributed by atoms with Gasteiger partial charge in [0.15, 0.2) is 9.84 Å². The van der Waals surface area contributed by atoms with Crippen molar-refractivity contribution in [2.45, 2.75) is 37.5 Å². The summed E-state index contributed by atoms with van der Waals surface area (Å²) < 4.78 is 23.0. The van der Waals surface area contributed by atoms with E-state index in [1.807, 2.05) is 12.1 Å². The van der Waals surface area contributed by atoms with Gasteiger partial charge in [-0.2, -0.15) is 0 Å². The highest BCUT2D eigenvalue weighted by Gasteiger charge is 2.42. The van der Waals surface area contributed by atoms with Crippen molar-refractivity contribution >= 4 is 15.5 Å². The van der Waals surface area contributed by atoms with E-state index < -0.39 is 9.84 Å². The normalized spacial score (nSPS) is 30.3. The van der Waals surface area contributed by atoms with E-state index in [4.69, 9.17) is 0 Å². The first kappa shape index (κ1) is 13.9. The van der Waals surface area contributed by atoms with Crippen LogP contribution >= 0.6 is 0 Å². The fourth-order valence-corrected chi connectivity index (χ4v) is 4.56. The van der Waals surface area contributed by atoms with Gasteiger partial charge in [-0.25, -0.2) is 8.42 Å². The minimum atomic E-state index is -3.09. The van der Waals surface area contributed by atoms with Crippen molar-refractivity contribution in [1.82, 2.24) is 0 Å². The minimum absolute atomic E-state index is 0.407. The number of anilines is 1. The Labute approximate surface area is 121 Å². The van der Waals surface area contributed by atoms with Gasteiger partial charge >= 0.3 is 0 Å². The van der Waals surface area contributed by atoms with Gasteiger partial charge in [-0.1, -0.05) is 13.3 Å². The molecule has 1 saturated heterocycles. The first-order valence-corrected chi connectivity index (χ1v) is 9.32. The maximum atomic E-state index is 11.5. The number of rotatable bonds is 2. The largest absolute Gasteiger partial charge is 0.371 e. The molecule has 3 nitrogen and oxygen atoms in total. The summed E-state index contributed by atoms with van der Waals surface area (Å²) in [6, 6.07) is 7.36. The smallest absolute Gasteiger partial charge is 0.175 e. The van der Waals surface area contributed by atoms with Crippen molar-refractivity contribution in [3.05, 3.63) is 24.3 Å². The number of hydrogen-bond donors (Lipinski definition) is 0. The van der Waals surface area contributed by atoms with Crippen LogP contribution in [0.3, 0.4) is 0 Å². The molecule has 0 bridgehead atoms. The molecule has 110 valence electrons. The standard InChI is InChI=1S/C16H23NO2S/c1-13-7-8-16(11-13)9-10-17(12-16)14-3-5-15(6-4-14)20(2,18)19/h3-6,13H,7-12H2,1-2H3. The number of benzene rings is 1. The van der Waals surface area contributed by atoms with Crippen LogP contribution in [-0.4, -0.2) is 27.8 Å². The van der Waals surface area contributed by atoms with Gasteiger partial charge in [0.05, 0.1) is 4.90 Å². The van der Waals surface area contributed by atoms with Gasteiger partial charge in [0.2, 0.25) is 0 Å². The van der Waals surface area contributed by atoms with Crippen LogP contribution in [-0.2, 0) is 9.84 Å². The summed E-state index contributed by atoms with van der Waals surface area (Å²) in [6.07, 6.45) is 6.61. The fraction of sp³-hybridized carbons (Fsp3) is 0.625. The van der Waals surface area contributed by atoms with E-state index >= 15 is 0 Å². The zero-order valence-electron chi connectivity index (χ0n) is 12.3. The predicted molar refractivity (Wildman–Crippen MR) is 81.8 cm³/mol. The first-order chi connectivity index (χ1) is 9.38. The lowest BCUT2D eigenvalue weighted by atomic mass is 9.85. The topological polar surface area (TPSA) is 37.4 Å². The average molecular weight is 293 g/mol. The molecule has 1 aliphatic carbocycles. The molecular formula is C16H23NO2S. The molecule has 20 heavy (non-hydrogen) atoms. The van der Waals surface area contributed by atoms with E-state index in [0.29, 0.717) is 10.3 Å². The molecule has 1 aromatic rings. The number of hydrogen-bond acceptors (Lipinski definition) is 3. The van der Waals surface area contributed by atoms with Gasteiger partial charge in [0, 0.05) is 25.0 Å². The van der Waals surface area contributed by atoms with Gasteiger partial charge in [0.1, 0.15) is 0 Å². The Morgan fingerprint density at radius 2 is 1.90 bits per heavy atom. The molecule has 0 N–H and O–H groups in total. The molecule has 2 atom stereocenters. The molecule has 1 aliphatic heterocycles. The van der Waals surface area contributed by atoms with E-state index in [0.717, 1.165) is 24.7 Å². The van der Waals surface area contributed by atoms with Gasteiger partial charge in [-0.15, -0.1) is 0 Å². The van der Waals surface area contributed by atoms with Crippen molar-refractivity contribution in [2.75, 3.05) is 24.2 Å². The molecule has 2 fully saturated rings. The summed E-state index contributed by atoms with van der Waals surface area (Å²) in [5.41, 5.74) is 1.68. The van der Waals surface area contributed by atoms with Crippen LogP contribution in [0.4, 0.5) is 5.69 Å². The second-order valence-corrected chi connectivity index (χ2v) is 8.80. The van der Waals surface area contributed by atoms with Crippen molar-refractivity contribution in [1.29, 1.82) is 0 Å². The Bertz CT molecular complexity index is 593. The van der Waals surface area contributed by atoms with Crippen LogP contribution in [0.15, 0.2) is 29.2 Å². The molecule has 1 spiro atoms. The Morgan fingerprint density at radius 3 is 2.45 bits per heavy atom. The summed E-state index contributed by atoms with van der Waals surface area (Å²) in [7, 11) is -3.09. The van der Waals surface area contributed by atoms with Crippen molar-refractivity contribution in [3.63, 3.8) is 0 Å². The van der Waals surface area contributed by atoms with E-state index in [1.54, 1.807) is 12.1 Å². The molecule has 1 saturated carbocycles. The summed E-state index contributed by atoms with van der Waals surface area (Å²) >= 11 is 0. The maximum Gasteiger partial charge on any atom is 0.175 e. The number of nitrogens with zero attached hydrogens (tertiary/aromatic N) is 1. The summed E-state index contributed by atoms with van der Waals surface area (Å²) in [5.74, 6) is 0.863. The Kier molecular flexibility index (Phi) is 3.32. The van der Waals surface area contributed by atoms with Crippen LogP contribution in [0.25, 0.3) is 0 Å². The third kappa shape index (κ3) is 2.58. The predicted octanol–water partition coefficient (Wildman–Crippen LogP) is 3.11. The second-order valence-electron chi connectivity index (χ2n) is 6.79.